The van der Waals surface area contributed by atoms with Crippen LogP contribution in [0.3, 0.4) is 0 Å². The van der Waals surface area contributed by atoms with Gasteiger partial charge in [-0.2, -0.15) is 4.31 Å². The second-order valence-corrected chi connectivity index (χ2v) is 8.56. The van der Waals surface area contributed by atoms with E-state index in [4.69, 9.17) is 17.3 Å². The number of nitrogen functional groups attached to an aromatic ring is 1. The topological polar surface area (TPSA) is 96.6 Å². The van der Waals surface area contributed by atoms with Crippen molar-refractivity contribution in [1.82, 2.24) is 14.2 Å². The molecular formula is C15H21ClN4O3S. The van der Waals surface area contributed by atoms with Crippen molar-refractivity contribution in [3.8, 4) is 0 Å². The summed E-state index contributed by atoms with van der Waals surface area (Å²) in [6.45, 7) is 1.51. The molecule has 1 aromatic rings. The van der Waals surface area contributed by atoms with E-state index in [2.05, 4.69) is 4.98 Å². The number of nitrogens with zero attached hydrogens (tertiary/aromatic N) is 3. The van der Waals surface area contributed by atoms with Crippen molar-refractivity contribution in [2.45, 2.75) is 43.0 Å². The van der Waals surface area contributed by atoms with E-state index in [-0.39, 0.29) is 27.7 Å². The minimum atomic E-state index is -3.72. The molecule has 2 aliphatic rings. The molecule has 132 valence electrons. The van der Waals surface area contributed by atoms with Crippen LogP contribution in [0, 0.1) is 0 Å². The fourth-order valence-corrected chi connectivity index (χ4v) is 5.17. The zero-order chi connectivity index (χ0) is 17.3. The van der Waals surface area contributed by atoms with Crippen molar-refractivity contribution >= 4 is 33.3 Å². The van der Waals surface area contributed by atoms with Gasteiger partial charge in [0, 0.05) is 38.3 Å². The number of aromatic nitrogens is 1. The highest BCUT2D eigenvalue weighted by Gasteiger charge is 2.35. The van der Waals surface area contributed by atoms with E-state index in [9.17, 15) is 13.2 Å². The van der Waals surface area contributed by atoms with Gasteiger partial charge >= 0.3 is 0 Å². The Morgan fingerprint density at radius 2 is 1.92 bits per heavy atom. The van der Waals surface area contributed by atoms with E-state index < -0.39 is 10.0 Å². The number of nitrogens with two attached hydrogens (primary N) is 1. The lowest BCUT2D eigenvalue weighted by Gasteiger charge is -2.39. The second kappa shape index (κ2) is 6.85. The normalized spacial score (nSPS) is 21.2. The number of hydrogen-bond donors (Lipinski definition) is 1. The highest BCUT2D eigenvalue weighted by Crippen LogP contribution is 2.28. The maximum absolute atomic E-state index is 12.8. The van der Waals surface area contributed by atoms with Gasteiger partial charge in [0.15, 0.2) is 0 Å². The summed E-state index contributed by atoms with van der Waals surface area (Å²) in [6.07, 6.45) is 5.17. The number of pyridine rings is 1. The van der Waals surface area contributed by atoms with Gasteiger partial charge in [-0.05, 0) is 31.7 Å². The Bertz CT molecular complexity index is 732. The van der Waals surface area contributed by atoms with Crippen molar-refractivity contribution in [1.29, 1.82) is 0 Å². The number of rotatable bonds is 3. The molecule has 3 heterocycles. The summed E-state index contributed by atoms with van der Waals surface area (Å²) in [6, 6.07) is 1.46. The van der Waals surface area contributed by atoms with Crippen LogP contribution in [0.5, 0.6) is 0 Å². The minimum Gasteiger partial charge on any atom is -0.383 e. The first-order valence-electron chi connectivity index (χ1n) is 8.10. The smallest absolute Gasteiger partial charge is 0.246 e. The van der Waals surface area contributed by atoms with Gasteiger partial charge in [0.2, 0.25) is 15.9 Å². The van der Waals surface area contributed by atoms with Crippen LogP contribution < -0.4 is 5.73 Å². The van der Waals surface area contributed by atoms with Gasteiger partial charge in [0.25, 0.3) is 0 Å². The molecule has 24 heavy (non-hydrogen) atoms. The van der Waals surface area contributed by atoms with Crippen LogP contribution in [-0.4, -0.2) is 54.2 Å². The van der Waals surface area contributed by atoms with Crippen LogP contribution in [0.1, 0.15) is 32.1 Å². The fraction of sp³-hybridized carbons (Fsp3) is 0.600. The Kier molecular flexibility index (Phi) is 4.98. The quantitative estimate of drug-likeness (QED) is 0.866. The molecule has 2 N–H and O–H groups in total. The number of amides is 1. The van der Waals surface area contributed by atoms with Crippen molar-refractivity contribution in [2.75, 3.05) is 25.4 Å². The molecule has 1 amide bonds. The first-order chi connectivity index (χ1) is 11.4. The molecular weight excluding hydrogens is 352 g/mol. The number of carbonyl (C=O) groups excluding carboxylic acids is 1. The predicted octanol–water partition coefficient (Wildman–Crippen LogP) is 1.48. The standard InChI is InChI=1S/C15H21ClN4O3S/c16-11-9-13(15(17)18-10-11)24(22,23)19-7-4-12(5-8-19)20-6-2-1-3-14(20)21/h9-10,12H,1-8H2,(H2,17,18). The molecule has 2 aliphatic heterocycles. The number of likely N-dealkylation sites (tertiary alicyclic amines) is 1. The minimum absolute atomic E-state index is 0.0484. The summed E-state index contributed by atoms with van der Waals surface area (Å²) in [5, 5.41) is 0.233. The number of hydrogen-bond acceptors (Lipinski definition) is 5. The average Bonchev–Trinajstić information content (AvgIpc) is 2.57. The predicted molar refractivity (Wildman–Crippen MR) is 91.0 cm³/mol. The molecule has 0 spiro atoms. The largest absolute Gasteiger partial charge is 0.383 e. The molecule has 0 unspecified atom stereocenters. The third-order valence-corrected chi connectivity index (χ3v) is 6.82. The molecule has 0 aromatic carbocycles. The van der Waals surface area contributed by atoms with E-state index in [1.165, 1.54) is 16.6 Å². The lowest BCUT2D eigenvalue weighted by Crippen LogP contribution is -2.50. The lowest BCUT2D eigenvalue weighted by molar-refractivity contribution is -0.136. The van der Waals surface area contributed by atoms with Crippen LogP contribution in [-0.2, 0) is 14.8 Å². The lowest BCUT2D eigenvalue weighted by atomic mass is 10.0. The Labute approximate surface area is 146 Å². The van der Waals surface area contributed by atoms with Crippen molar-refractivity contribution < 1.29 is 13.2 Å². The molecule has 0 atom stereocenters. The maximum atomic E-state index is 12.8. The van der Waals surface area contributed by atoms with Crippen LogP contribution in [0.4, 0.5) is 5.82 Å². The Hall–Kier alpha value is -1.38. The fourth-order valence-electron chi connectivity index (χ4n) is 3.38. The number of sulfonamides is 1. The third-order valence-electron chi connectivity index (χ3n) is 4.69. The van der Waals surface area contributed by atoms with Gasteiger partial charge in [-0.15, -0.1) is 0 Å². The first-order valence-corrected chi connectivity index (χ1v) is 9.92. The molecule has 1 aromatic heterocycles. The third kappa shape index (κ3) is 3.36. The Balaban J connectivity index is 1.71. The van der Waals surface area contributed by atoms with Crippen molar-refractivity contribution in [3.05, 3.63) is 17.3 Å². The Morgan fingerprint density at radius 3 is 2.58 bits per heavy atom. The molecule has 0 saturated carbocycles. The molecule has 0 bridgehead atoms. The summed E-state index contributed by atoms with van der Waals surface area (Å²) in [5.74, 6) is 0.138. The summed E-state index contributed by atoms with van der Waals surface area (Å²) < 4.78 is 27.0. The van der Waals surface area contributed by atoms with Crippen molar-refractivity contribution in [2.24, 2.45) is 0 Å². The molecule has 0 radical (unpaired) electrons. The van der Waals surface area contributed by atoms with Gasteiger partial charge < -0.3 is 10.6 Å². The van der Waals surface area contributed by atoms with Gasteiger partial charge in [-0.25, -0.2) is 13.4 Å². The summed E-state index contributed by atoms with van der Waals surface area (Å²) in [4.78, 5) is 17.7. The zero-order valence-corrected chi connectivity index (χ0v) is 14.9. The summed E-state index contributed by atoms with van der Waals surface area (Å²) in [5.41, 5.74) is 5.72. The summed E-state index contributed by atoms with van der Waals surface area (Å²) in [7, 11) is -3.72. The highest BCUT2D eigenvalue weighted by molar-refractivity contribution is 7.89. The van der Waals surface area contributed by atoms with Gasteiger partial charge in [-0.3, -0.25) is 4.79 Å². The average molecular weight is 373 g/mol. The SMILES string of the molecule is Nc1ncc(Cl)cc1S(=O)(=O)N1CCC(N2CCCCC2=O)CC1. The van der Waals surface area contributed by atoms with E-state index in [0.29, 0.717) is 32.4 Å². The molecule has 7 nitrogen and oxygen atoms in total. The van der Waals surface area contributed by atoms with Crippen molar-refractivity contribution in [3.63, 3.8) is 0 Å². The number of halogens is 1. The van der Waals surface area contributed by atoms with Crippen LogP contribution >= 0.6 is 11.6 Å². The number of piperidine rings is 2. The van der Waals surface area contributed by atoms with E-state index in [1.807, 2.05) is 4.90 Å². The molecule has 9 heteroatoms. The molecule has 3 rings (SSSR count). The van der Waals surface area contributed by atoms with E-state index >= 15 is 0 Å². The summed E-state index contributed by atoms with van der Waals surface area (Å²) >= 11 is 5.86. The molecule has 2 saturated heterocycles. The maximum Gasteiger partial charge on any atom is 0.246 e. The number of carbonyl (C=O) groups is 1. The molecule has 0 aliphatic carbocycles. The number of anilines is 1. The van der Waals surface area contributed by atoms with Gasteiger partial charge in [-0.1, -0.05) is 11.6 Å². The van der Waals surface area contributed by atoms with Crippen LogP contribution in [0.2, 0.25) is 5.02 Å². The first kappa shape index (κ1) is 17.4. The van der Waals surface area contributed by atoms with Crippen LogP contribution in [0.25, 0.3) is 0 Å². The van der Waals surface area contributed by atoms with Crippen LogP contribution in [0.15, 0.2) is 17.2 Å². The Morgan fingerprint density at radius 1 is 1.21 bits per heavy atom. The zero-order valence-electron chi connectivity index (χ0n) is 13.3. The van der Waals surface area contributed by atoms with Gasteiger partial charge in [0.1, 0.15) is 10.7 Å². The second-order valence-electron chi connectivity index (χ2n) is 6.22. The molecule has 2 fully saturated rings. The van der Waals surface area contributed by atoms with E-state index in [1.54, 1.807) is 0 Å². The highest BCUT2D eigenvalue weighted by atomic mass is 35.5. The van der Waals surface area contributed by atoms with Gasteiger partial charge in [0.05, 0.1) is 5.02 Å². The monoisotopic (exact) mass is 372 g/mol. The van der Waals surface area contributed by atoms with E-state index in [0.717, 1.165) is 19.4 Å².